The quantitative estimate of drug-likeness (QED) is 0.427. The van der Waals surface area contributed by atoms with Crippen LogP contribution < -0.4 is 5.32 Å². The number of pyridine rings is 1. The number of thiazole rings is 1. The SMILES string of the molecule is Cc1nc2cc(NC(=O)c3cc4cccnc4n3Cc3cccc(F)c3)ccc2s1. The highest BCUT2D eigenvalue weighted by atomic mass is 32.1. The lowest BCUT2D eigenvalue weighted by Gasteiger charge is -2.11. The molecule has 7 heteroatoms. The first-order valence-corrected chi connectivity index (χ1v) is 10.3. The summed E-state index contributed by atoms with van der Waals surface area (Å²) in [5.74, 6) is -0.564. The van der Waals surface area contributed by atoms with Crippen molar-refractivity contribution in [3.05, 3.63) is 88.9 Å². The lowest BCUT2D eigenvalue weighted by Crippen LogP contribution is -2.17. The number of aromatic nitrogens is 3. The van der Waals surface area contributed by atoms with Crippen LogP contribution in [0.1, 0.15) is 21.1 Å². The van der Waals surface area contributed by atoms with Crippen molar-refractivity contribution in [2.45, 2.75) is 13.5 Å². The van der Waals surface area contributed by atoms with Crippen LogP contribution in [0.15, 0.2) is 66.9 Å². The standard InChI is InChI=1S/C23H17FN4OS/c1-14-26-19-12-18(7-8-21(19)30-14)27-23(29)20-11-16-5-3-9-25-22(16)28(20)13-15-4-2-6-17(24)10-15/h2-12H,13H2,1H3,(H,27,29). The van der Waals surface area contributed by atoms with Crippen LogP contribution in [0.5, 0.6) is 0 Å². The summed E-state index contributed by atoms with van der Waals surface area (Å²) in [6.45, 7) is 2.30. The van der Waals surface area contributed by atoms with Crippen LogP contribution in [-0.4, -0.2) is 20.4 Å². The summed E-state index contributed by atoms with van der Waals surface area (Å²) >= 11 is 1.62. The molecule has 0 spiro atoms. The molecule has 30 heavy (non-hydrogen) atoms. The van der Waals surface area contributed by atoms with Crippen LogP contribution in [-0.2, 0) is 6.54 Å². The van der Waals surface area contributed by atoms with E-state index < -0.39 is 0 Å². The first-order valence-electron chi connectivity index (χ1n) is 9.44. The molecule has 0 fully saturated rings. The van der Waals surface area contributed by atoms with Gasteiger partial charge in [0, 0.05) is 23.8 Å². The number of carbonyl (C=O) groups excluding carboxylic acids is 1. The van der Waals surface area contributed by atoms with Crippen molar-refractivity contribution in [1.82, 2.24) is 14.5 Å². The Kier molecular flexibility index (Phi) is 4.52. The van der Waals surface area contributed by atoms with Crippen LogP contribution in [0.3, 0.4) is 0 Å². The van der Waals surface area contributed by atoms with E-state index in [0.717, 1.165) is 26.2 Å². The van der Waals surface area contributed by atoms with Gasteiger partial charge in [-0.1, -0.05) is 12.1 Å². The Morgan fingerprint density at radius 1 is 1.13 bits per heavy atom. The monoisotopic (exact) mass is 416 g/mol. The first kappa shape index (κ1) is 18.4. The molecule has 0 saturated heterocycles. The molecule has 0 aliphatic carbocycles. The molecule has 0 unspecified atom stereocenters. The number of halogens is 1. The molecule has 3 aromatic heterocycles. The average molecular weight is 416 g/mol. The summed E-state index contributed by atoms with van der Waals surface area (Å²) in [7, 11) is 0. The minimum Gasteiger partial charge on any atom is -0.321 e. The predicted octanol–water partition coefficient (Wildman–Crippen LogP) is 5.39. The highest BCUT2D eigenvalue weighted by Crippen LogP contribution is 2.26. The molecule has 5 aromatic rings. The summed E-state index contributed by atoms with van der Waals surface area (Å²) < 4.78 is 16.6. The number of carbonyl (C=O) groups is 1. The topological polar surface area (TPSA) is 59.8 Å². The third-order valence-electron chi connectivity index (χ3n) is 4.87. The van der Waals surface area contributed by atoms with Crippen LogP contribution in [0.2, 0.25) is 0 Å². The van der Waals surface area contributed by atoms with Gasteiger partial charge in [-0.3, -0.25) is 4.79 Å². The fourth-order valence-corrected chi connectivity index (χ4v) is 4.38. The zero-order valence-electron chi connectivity index (χ0n) is 16.1. The number of anilines is 1. The molecule has 0 saturated carbocycles. The lowest BCUT2D eigenvalue weighted by atomic mass is 10.2. The summed E-state index contributed by atoms with van der Waals surface area (Å²) in [5.41, 5.74) is 3.43. The van der Waals surface area contributed by atoms with Crippen molar-refractivity contribution in [3.8, 4) is 0 Å². The van der Waals surface area contributed by atoms with E-state index in [1.165, 1.54) is 12.1 Å². The van der Waals surface area contributed by atoms with Crippen LogP contribution >= 0.6 is 11.3 Å². The largest absolute Gasteiger partial charge is 0.321 e. The fraction of sp³-hybridized carbons (Fsp3) is 0.0870. The van der Waals surface area contributed by atoms with E-state index >= 15 is 0 Å². The second-order valence-electron chi connectivity index (χ2n) is 7.03. The Labute approximate surface area is 175 Å². The van der Waals surface area contributed by atoms with Gasteiger partial charge in [0.2, 0.25) is 0 Å². The number of aryl methyl sites for hydroxylation is 1. The third kappa shape index (κ3) is 3.44. The molecule has 0 radical (unpaired) electrons. The van der Waals surface area contributed by atoms with Gasteiger partial charge in [0.05, 0.1) is 15.2 Å². The number of amides is 1. The molecule has 3 heterocycles. The molecule has 2 aromatic carbocycles. The molecule has 0 atom stereocenters. The first-order chi connectivity index (χ1) is 14.6. The van der Waals surface area contributed by atoms with Gasteiger partial charge in [-0.25, -0.2) is 14.4 Å². The third-order valence-corrected chi connectivity index (χ3v) is 5.82. The molecule has 0 aliphatic rings. The highest BCUT2D eigenvalue weighted by Gasteiger charge is 2.17. The van der Waals surface area contributed by atoms with Crippen molar-refractivity contribution < 1.29 is 9.18 Å². The van der Waals surface area contributed by atoms with Gasteiger partial charge in [-0.05, 0) is 61.0 Å². The van der Waals surface area contributed by atoms with Gasteiger partial charge in [0.25, 0.3) is 5.91 Å². The van der Waals surface area contributed by atoms with E-state index in [-0.39, 0.29) is 11.7 Å². The highest BCUT2D eigenvalue weighted by molar-refractivity contribution is 7.18. The molecule has 0 aliphatic heterocycles. The maximum Gasteiger partial charge on any atom is 0.272 e. The van der Waals surface area contributed by atoms with Crippen LogP contribution in [0.25, 0.3) is 21.3 Å². The maximum absolute atomic E-state index is 13.7. The number of nitrogens with one attached hydrogen (secondary N) is 1. The molecule has 5 nitrogen and oxygen atoms in total. The second kappa shape index (κ2) is 7.35. The Bertz CT molecular complexity index is 1410. The van der Waals surface area contributed by atoms with Crippen LogP contribution in [0.4, 0.5) is 10.1 Å². The number of fused-ring (bicyclic) bond motifs is 2. The van der Waals surface area contributed by atoms with Crippen LogP contribution in [0, 0.1) is 12.7 Å². The van der Waals surface area contributed by atoms with E-state index in [0.29, 0.717) is 23.6 Å². The Balaban J connectivity index is 1.52. The van der Waals surface area contributed by atoms with E-state index in [9.17, 15) is 9.18 Å². The number of benzene rings is 2. The van der Waals surface area contributed by atoms with Crippen molar-refractivity contribution in [3.63, 3.8) is 0 Å². The van der Waals surface area contributed by atoms with Gasteiger partial charge in [-0.15, -0.1) is 11.3 Å². The Morgan fingerprint density at radius 3 is 2.90 bits per heavy atom. The van der Waals surface area contributed by atoms with E-state index in [4.69, 9.17) is 0 Å². The lowest BCUT2D eigenvalue weighted by molar-refractivity contribution is 0.101. The number of rotatable bonds is 4. The maximum atomic E-state index is 13.7. The second-order valence-corrected chi connectivity index (χ2v) is 8.27. The minimum absolute atomic E-state index is 0.254. The minimum atomic E-state index is -0.310. The smallest absolute Gasteiger partial charge is 0.272 e. The molecular formula is C23H17FN4OS. The molecule has 1 amide bonds. The van der Waals surface area contributed by atoms with Crippen molar-refractivity contribution in [2.75, 3.05) is 5.32 Å². The summed E-state index contributed by atoms with van der Waals surface area (Å²) in [4.78, 5) is 22.1. The summed E-state index contributed by atoms with van der Waals surface area (Å²) in [6, 6.07) is 17.6. The zero-order chi connectivity index (χ0) is 20.7. The normalized spacial score (nSPS) is 11.3. The van der Waals surface area contributed by atoms with E-state index in [2.05, 4.69) is 15.3 Å². The molecule has 0 bridgehead atoms. The number of hydrogen-bond donors (Lipinski definition) is 1. The Morgan fingerprint density at radius 2 is 2.03 bits per heavy atom. The van der Waals surface area contributed by atoms with Crippen molar-refractivity contribution in [1.29, 1.82) is 0 Å². The number of hydrogen-bond acceptors (Lipinski definition) is 4. The molecule has 1 N–H and O–H groups in total. The zero-order valence-corrected chi connectivity index (χ0v) is 16.9. The Hall–Kier alpha value is -3.58. The predicted molar refractivity (Wildman–Crippen MR) is 118 cm³/mol. The van der Waals surface area contributed by atoms with Gasteiger partial charge in [0.1, 0.15) is 17.2 Å². The summed E-state index contributed by atoms with van der Waals surface area (Å²) in [5, 5.41) is 4.79. The van der Waals surface area contributed by atoms with Crippen molar-refractivity contribution in [2.24, 2.45) is 0 Å². The molecular weight excluding hydrogens is 399 g/mol. The van der Waals surface area contributed by atoms with E-state index in [1.807, 2.05) is 54.0 Å². The fourth-order valence-electron chi connectivity index (χ4n) is 3.57. The van der Waals surface area contributed by atoms with Gasteiger partial charge >= 0.3 is 0 Å². The average Bonchev–Trinajstić information content (AvgIpc) is 3.27. The summed E-state index contributed by atoms with van der Waals surface area (Å²) in [6.07, 6.45) is 1.69. The van der Waals surface area contributed by atoms with E-state index in [1.54, 1.807) is 23.6 Å². The number of nitrogens with zero attached hydrogens (tertiary/aromatic N) is 3. The van der Waals surface area contributed by atoms with Crippen molar-refractivity contribution >= 4 is 44.2 Å². The van der Waals surface area contributed by atoms with Gasteiger partial charge in [0.15, 0.2) is 0 Å². The van der Waals surface area contributed by atoms with Gasteiger partial charge < -0.3 is 9.88 Å². The van der Waals surface area contributed by atoms with Gasteiger partial charge in [-0.2, -0.15) is 0 Å². The molecule has 5 rings (SSSR count). The molecule has 148 valence electrons.